The molecule has 0 spiro atoms. The van der Waals surface area contributed by atoms with Gasteiger partial charge in [-0.05, 0) is 19.3 Å². The summed E-state index contributed by atoms with van der Waals surface area (Å²) < 4.78 is 36.2. The predicted molar refractivity (Wildman–Crippen MR) is 75.9 cm³/mol. The van der Waals surface area contributed by atoms with E-state index >= 15 is 0 Å². The van der Waals surface area contributed by atoms with Crippen molar-refractivity contribution in [2.24, 2.45) is 0 Å². The Hall–Kier alpha value is -0.480. The van der Waals surface area contributed by atoms with Crippen molar-refractivity contribution in [3.63, 3.8) is 0 Å². The minimum atomic E-state index is -2.56. The summed E-state index contributed by atoms with van der Waals surface area (Å²) in [6.45, 7) is -2.27. The second kappa shape index (κ2) is 15.5. The first-order valence-corrected chi connectivity index (χ1v) is 6.88. The zero-order valence-electron chi connectivity index (χ0n) is 15.9. The molecule has 0 fully saturated rings. The number of aliphatic hydroxyl groups is 1. The maximum absolute atomic E-state index is 8.65. The van der Waals surface area contributed by atoms with Crippen molar-refractivity contribution in [2.45, 2.75) is 83.9 Å². The topological polar surface area (TPSA) is 20.2 Å². The Morgan fingerprint density at radius 1 is 0.824 bits per heavy atom. The van der Waals surface area contributed by atoms with E-state index in [2.05, 4.69) is 11.8 Å². The molecule has 0 saturated carbocycles. The van der Waals surface area contributed by atoms with Crippen LogP contribution in [0.3, 0.4) is 0 Å². The van der Waals surface area contributed by atoms with E-state index in [-0.39, 0.29) is 6.42 Å². The van der Waals surface area contributed by atoms with E-state index in [4.69, 9.17) is 12.0 Å². The van der Waals surface area contributed by atoms with Gasteiger partial charge in [0, 0.05) is 26.3 Å². The van der Waals surface area contributed by atoms with Crippen LogP contribution in [0.4, 0.5) is 0 Å². The molecular formula is C16H30O. The van der Waals surface area contributed by atoms with Crippen LogP contribution in [0.2, 0.25) is 0 Å². The molecule has 1 nitrogen and oxygen atoms in total. The van der Waals surface area contributed by atoms with E-state index in [1.54, 1.807) is 0 Å². The third kappa shape index (κ3) is 15.5. The fourth-order valence-electron chi connectivity index (χ4n) is 1.69. The summed E-state index contributed by atoms with van der Waals surface area (Å²) >= 11 is 0. The lowest BCUT2D eigenvalue weighted by molar-refractivity contribution is 0.282. The highest BCUT2D eigenvalue weighted by atomic mass is 16.2. The molecule has 0 heterocycles. The highest BCUT2D eigenvalue weighted by Gasteiger charge is 1.91. The van der Waals surface area contributed by atoms with Gasteiger partial charge in [0.15, 0.2) is 0 Å². The van der Waals surface area contributed by atoms with Crippen LogP contribution in [-0.2, 0) is 0 Å². The van der Waals surface area contributed by atoms with Gasteiger partial charge < -0.3 is 5.11 Å². The molecule has 0 unspecified atom stereocenters. The van der Waals surface area contributed by atoms with Crippen molar-refractivity contribution in [3.05, 3.63) is 0 Å². The Labute approximate surface area is 115 Å². The number of aliphatic hydroxyl groups excluding tert-OH is 1. The molecule has 0 aliphatic heterocycles. The average Bonchev–Trinajstić information content (AvgIpc) is 2.42. The molecule has 100 valence electrons. The summed E-state index contributed by atoms with van der Waals surface area (Å²) in [6.07, 6.45) is 8.04. The van der Waals surface area contributed by atoms with Gasteiger partial charge in [0.25, 0.3) is 0 Å². The Balaban J connectivity index is 3.47. The Morgan fingerprint density at radius 2 is 1.35 bits per heavy atom. The number of rotatable bonds is 11. The summed E-state index contributed by atoms with van der Waals surface area (Å²) in [7, 11) is 0. The fourth-order valence-corrected chi connectivity index (χ4v) is 1.69. The van der Waals surface area contributed by atoms with Gasteiger partial charge in [-0.3, -0.25) is 0 Å². The standard InChI is InChI=1S/C16H30O/c1-2-3-4-5-6-7-8-9-10-11-12-13-14-15-16-17/h17H,2-4,7-16H2,1H3/i1D3,2D2. The van der Waals surface area contributed by atoms with E-state index in [9.17, 15) is 0 Å². The van der Waals surface area contributed by atoms with Gasteiger partial charge in [-0.25, -0.2) is 0 Å². The minimum Gasteiger partial charge on any atom is -0.396 e. The highest BCUT2D eigenvalue weighted by molar-refractivity contribution is 4.98. The van der Waals surface area contributed by atoms with Gasteiger partial charge in [0.1, 0.15) is 0 Å². The van der Waals surface area contributed by atoms with Crippen LogP contribution in [0.5, 0.6) is 0 Å². The minimum absolute atomic E-state index is 0.0374. The van der Waals surface area contributed by atoms with Crippen LogP contribution in [0.25, 0.3) is 0 Å². The van der Waals surface area contributed by atoms with Crippen LogP contribution in [-0.4, -0.2) is 11.7 Å². The average molecular weight is 243 g/mol. The highest BCUT2D eigenvalue weighted by Crippen LogP contribution is 2.09. The molecule has 0 bridgehead atoms. The number of unbranched alkanes of at least 4 members (excludes halogenated alkanes) is 8. The van der Waals surface area contributed by atoms with Crippen LogP contribution < -0.4 is 0 Å². The molecule has 0 aromatic carbocycles. The lowest BCUT2D eigenvalue weighted by Crippen LogP contribution is -1.84. The van der Waals surface area contributed by atoms with Gasteiger partial charge >= 0.3 is 0 Å². The van der Waals surface area contributed by atoms with Crippen molar-refractivity contribution < 1.29 is 12.0 Å². The van der Waals surface area contributed by atoms with Crippen molar-refractivity contribution in [2.75, 3.05) is 6.61 Å². The first-order chi connectivity index (χ1) is 10.3. The SMILES string of the molecule is [2H]C([2H])([2H])C([2H])([2H])CCC#CCCCCCCCCCCO. The van der Waals surface area contributed by atoms with Gasteiger partial charge in [0.05, 0.1) is 0 Å². The zero-order valence-corrected chi connectivity index (χ0v) is 10.9. The number of hydrogen-bond donors (Lipinski definition) is 1. The normalized spacial score (nSPS) is 15.9. The summed E-state index contributed by atoms with van der Waals surface area (Å²) in [5.74, 6) is 5.88. The molecule has 0 amide bonds. The quantitative estimate of drug-likeness (QED) is 0.412. The molecule has 0 saturated heterocycles. The third-order valence-electron chi connectivity index (χ3n) is 2.71. The van der Waals surface area contributed by atoms with E-state index in [1.165, 1.54) is 25.7 Å². The van der Waals surface area contributed by atoms with Gasteiger partial charge in [-0.2, -0.15) is 0 Å². The molecule has 0 aliphatic carbocycles. The van der Waals surface area contributed by atoms with Crippen LogP contribution >= 0.6 is 0 Å². The van der Waals surface area contributed by atoms with Gasteiger partial charge in [-0.1, -0.05) is 51.7 Å². The molecule has 0 radical (unpaired) electrons. The van der Waals surface area contributed by atoms with Gasteiger partial charge in [-0.15, -0.1) is 11.8 Å². The van der Waals surface area contributed by atoms with Crippen molar-refractivity contribution in [3.8, 4) is 11.8 Å². The Morgan fingerprint density at radius 3 is 1.94 bits per heavy atom. The largest absolute Gasteiger partial charge is 0.396 e. The van der Waals surface area contributed by atoms with Crippen molar-refractivity contribution in [1.82, 2.24) is 0 Å². The van der Waals surface area contributed by atoms with E-state index in [0.29, 0.717) is 13.0 Å². The van der Waals surface area contributed by atoms with E-state index in [0.717, 1.165) is 32.1 Å². The maximum Gasteiger partial charge on any atom is 0.0431 e. The molecule has 1 heteroatoms. The molecular weight excluding hydrogens is 208 g/mol. The molecule has 1 N–H and O–H groups in total. The smallest absolute Gasteiger partial charge is 0.0431 e. The summed E-state index contributed by atoms with van der Waals surface area (Å²) in [6, 6.07) is 0. The molecule has 0 atom stereocenters. The van der Waals surface area contributed by atoms with Crippen molar-refractivity contribution in [1.29, 1.82) is 0 Å². The molecule has 0 aromatic rings. The van der Waals surface area contributed by atoms with E-state index < -0.39 is 13.2 Å². The molecule has 0 aliphatic rings. The molecule has 0 aromatic heterocycles. The van der Waals surface area contributed by atoms with Crippen LogP contribution in [0.15, 0.2) is 0 Å². The molecule has 17 heavy (non-hydrogen) atoms. The Kier molecular flexibility index (Phi) is 8.63. The van der Waals surface area contributed by atoms with Crippen LogP contribution in [0.1, 0.15) is 90.7 Å². The second-order valence-corrected chi connectivity index (χ2v) is 4.33. The lowest BCUT2D eigenvalue weighted by Gasteiger charge is -1.99. The van der Waals surface area contributed by atoms with Crippen LogP contribution in [0, 0.1) is 11.8 Å². The fraction of sp³-hybridized carbons (Fsp3) is 0.875. The summed E-state index contributed by atoms with van der Waals surface area (Å²) in [5, 5.41) is 8.65. The molecule has 0 rings (SSSR count). The zero-order chi connectivity index (χ0) is 16.9. The van der Waals surface area contributed by atoms with E-state index in [1.807, 2.05) is 0 Å². The maximum atomic E-state index is 8.65. The number of hydrogen-bond acceptors (Lipinski definition) is 1. The Bertz CT molecular complexity index is 328. The van der Waals surface area contributed by atoms with Gasteiger partial charge in [0.2, 0.25) is 0 Å². The predicted octanol–water partition coefficient (Wildman–Crippen LogP) is 4.68. The first kappa shape index (κ1) is 9.45. The third-order valence-corrected chi connectivity index (χ3v) is 2.71. The second-order valence-electron chi connectivity index (χ2n) is 4.33. The monoisotopic (exact) mass is 243 g/mol. The summed E-state index contributed by atoms with van der Waals surface area (Å²) in [4.78, 5) is 0. The summed E-state index contributed by atoms with van der Waals surface area (Å²) in [5.41, 5.74) is 0. The first-order valence-electron chi connectivity index (χ1n) is 9.38. The van der Waals surface area contributed by atoms with Crippen molar-refractivity contribution >= 4 is 0 Å². The lowest BCUT2D eigenvalue weighted by atomic mass is 10.1.